The molecule has 0 aliphatic carbocycles. The van der Waals surface area contributed by atoms with Gasteiger partial charge in [0.05, 0.1) is 12.1 Å². The normalized spacial score (nSPS) is 19.6. The summed E-state index contributed by atoms with van der Waals surface area (Å²) >= 11 is 9.71. The van der Waals surface area contributed by atoms with Crippen LogP contribution in [-0.2, 0) is 11.2 Å². The van der Waals surface area contributed by atoms with Crippen LogP contribution in [0.1, 0.15) is 22.9 Å². The topological polar surface area (TPSA) is 56.9 Å². The standard InChI is InChI=1S/C19H17BrClN3O/c1-22-19(25)16-9-13-11-4-2-3-5-15(11)23-18(13)17(24-16)12-7-6-10(21)8-14(12)20/h2-8,16-17,23-24H,9H2,1H3,(H,22,25)/t16-,17+/m0/s1. The molecule has 2 atom stereocenters. The van der Waals surface area contributed by atoms with Crippen molar-refractivity contribution >= 4 is 44.3 Å². The molecule has 3 aromatic rings. The van der Waals surface area contributed by atoms with Crippen LogP contribution >= 0.6 is 27.5 Å². The Morgan fingerprint density at radius 2 is 2.08 bits per heavy atom. The Labute approximate surface area is 159 Å². The number of carbonyl (C=O) groups is 1. The molecule has 2 heterocycles. The summed E-state index contributed by atoms with van der Waals surface area (Å²) in [5.41, 5.74) is 4.42. The summed E-state index contributed by atoms with van der Waals surface area (Å²) in [5.74, 6) is -0.00832. The summed E-state index contributed by atoms with van der Waals surface area (Å²) in [6, 6.07) is 13.5. The van der Waals surface area contributed by atoms with Crippen molar-refractivity contribution in [3.05, 3.63) is 68.8 Å². The lowest BCUT2D eigenvalue weighted by molar-refractivity contribution is -0.122. The Morgan fingerprint density at radius 3 is 2.84 bits per heavy atom. The van der Waals surface area contributed by atoms with Gasteiger partial charge in [-0.1, -0.05) is 51.8 Å². The van der Waals surface area contributed by atoms with Gasteiger partial charge in [0, 0.05) is 33.1 Å². The number of carbonyl (C=O) groups excluding carboxylic acids is 1. The molecule has 1 amide bonds. The molecule has 0 saturated heterocycles. The summed E-state index contributed by atoms with van der Waals surface area (Å²) in [5, 5.41) is 8.08. The molecule has 2 aromatic carbocycles. The average Bonchev–Trinajstić information content (AvgIpc) is 2.99. The molecule has 1 aliphatic rings. The fourth-order valence-electron chi connectivity index (χ4n) is 3.56. The molecule has 6 heteroatoms. The molecule has 128 valence electrons. The Bertz CT molecular complexity index is 968. The van der Waals surface area contributed by atoms with E-state index in [-0.39, 0.29) is 18.0 Å². The number of fused-ring (bicyclic) bond motifs is 3. The zero-order valence-corrected chi connectivity index (χ0v) is 15.9. The minimum Gasteiger partial charge on any atom is -0.358 e. The molecule has 0 spiro atoms. The second kappa shape index (κ2) is 6.48. The quantitative estimate of drug-likeness (QED) is 0.590. The van der Waals surface area contributed by atoms with Gasteiger partial charge in [0.15, 0.2) is 0 Å². The number of benzene rings is 2. The van der Waals surface area contributed by atoms with Gasteiger partial charge in [0.2, 0.25) is 5.91 Å². The molecule has 4 rings (SSSR count). The summed E-state index contributed by atoms with van der Waals surface area (Å²) < 4.78 is 0.916. The van der Waals surface area contributed by atoms with Crippen LogP contribution in [0, 0.1) is 0 Å². The number of rotatable bonds is 2. The zero-order valence-electron chi connectivity index (χ0n) is 13.6. The highest BCUT2D eigenvalue weighted by Crippen LogP contribution is 2.38. The first-order valence-electron chi connectivity index (χ1n) is 8.10. The minimum absolute atomic E-state index is 0.00832. The summed E-state index contributed by atoms with van der Waals surface area (Å²) in [7, 11) is 1.67. The summed E-state index contributed by atoms with van der Waals surface area (Å²) in [6.45, 7) is 0. The third-order valence-corrected chi connectivity index (χ3v) is 5.67. The van der Waals surface area contributed by atoms with Crippen LogP contribution in [0.2, 0.25) is 5.02 Å². The van der Waals surface area contributed by atoms with Crippen LogP contribution < -0.4 is 10.6 Å². The molecule has 0 unspecified atom stereocenters. The number of halogens is 2. The van der Waals surface area contributed by atoms with Crippen LogP contribution in [0.5, 0.6) is 0 Å². The van der Waals surface area contributed by atoms with Crippen LogP contribution in [0.4, 0.5) is 0 Å². The van der Waals surface area contributed by atoms with Crippen LogP contribution in [0.25, 0.3) is 10.9 Å². The maximum absolute atomic E-state index is 12.3. The largest absolute Gasteiger partial charge is 0.358 e. The molecular formula is C19H17BrClN3O. The highest BCUT2D eigenvalue weighted by Gasteiger charge is 2.34. The van der Waals surface area contributed by atoms with E-state index in [1.165, 1.54) is 10.9 Å². The first-order valence-corrected chi connectivity index (χ1v) is 9.27. The second-order valence-electron chi connectivity index (χ2n) is 6.20. The summed E-state index contributed by atoms with van der Waals surface area (Å²) in [6.07, 6.45) is 0.654. The van der Waals surface area contributed by atoms with E-state index in [4.69, 9.17) is 11.6 Å². The Balaban J connectivity index is 1.90. The van der Waals surface area contributed by atoms with E-state index in [0.29, 0.717) is 11.4 Å². The maximum Gasteiger partial charge on any atom is 0.237 e. The van der Waals surface area contributed by atoms with E-state index in [1.807, 2.05) is 30.3 Å². The number of likely N-dealkylation sites (N-methyl/N-ethyl adjacent to an activating group) is 1. The van der Waals surface area contributed by atoms with E-state index < -0.39 is 0 Å². The van der Waals surface area contributed by atoms with Crippen molar-refractivity contribution in [3.63, 3.8) is 0 Å². The van der Waals surface area contributed by atoms with E-state index in [2.05, 4.69) is 43.7 Å². The third kappa shape index (κ3) is 2.86. The van der Waals surface area contributed by atoms with Crippen molar-refractivity contribution in [1.29, 1.82) is 0 Å². The highest BCUT2D eigenvalue weighted by atomic mass is 79.9. The molecule has 25 heavy (non-hydrogen) atoms. The van der Waals surface area contributed by atoms with E-state index >= 15 is 0 Å². The van der Waals surface area contributed by atoms with Gasteiger partial charge < -0.3 is 10.3 Å². The van der Waals surface area contributed by atoms with Gasteiger partial charge >= 0.3 is 0 Å². The predicted octanol–water partition coefficient (Wildman–Crippen LogP) is 3.93. The Hall–Kier alpha value is -1.82. The lowest BCUT2D eigenvalue weighted by Crippen LogP contribution is -2.49. The van der Waals surface area contributed by atoms with Crippen molar-refractivity contribution in [2.75, 3.05) is 7.05 Å². The number of aromatic nitrogens is 1. The van der Waals surface area contributed by atoms with Crippen LogP contribution in [0.3, 0.4) is 0 Å². The van der Waals surface area contributed by atoms with Crippen molar-refractivity contribution < 1.29 is 4.79 Å². The van der Waals surface area contributed by atoms with Gasteiger partial charge in [-0.2, -0.15) is 0 Å². The van der Waals surface area contributed by atoms with Gasteiger partial charge in [-0.3, -0.25) is 10.1 Å². The smallest absolute Gasteiger partial charge is 0.237 e. The van der Waals surface area contributed by atoms with Gasteiger partial charge in [0.1, 0.15) is 0 Å². The molecule has 1 aliphatic heterocycles. The molecule has 3 N–H and O–H groups in total. The number of amides is 1. The van der Waals surface area contributed by atoms with Gasteiger partial charge in [-0.05, 0) is 35.7 Å². The van der Waals surface area contributed by atoms with E-state index in [9.17, 15) is 4.79 Å². The zero-order chi connectivity index (χ0) is 17.6. The van der Waals surface area contributed by atoms with E-state index in [1.54, 1.807) is 7.05 Å². The maximum atomic E-state index is 12.3. The Morgan fingerprint density at radius 1 is 1.28 bits per heavy atom. The van der Waals surface area contributed by atoms with Crippen molar-refractivity contribution in [3.8, 4) is 0 Å². The van der Waals surface area contributed by atoms with Gasteiger partial charge in [-0.15, -0.1) is 0 Å². The van der Waals surface area contributed by atoms with Gasteiger partial charge in [0.25, 0.3) is 0 Å². The van der Waals surface area contributed by atoms with E-state index in [0.717, 1.165) is 21.2 Å². The lowest BCUT2D eigenvalue weighted by Gasteiger charge is -2.31. The molecule has 1 aromatic heterocycles. The first kappa shape index (κ1) is 16.6. The van der Waals surface area contributed by atoms with Crippen LogP contribution in [0.15, 0.2) is 46.9 Å². The van der Waals surface area contributed by atoms with Crippen LogP contribution in [-0.4, -0.2) is 24.0 Å². The van der Waals surface area contributed by atoms with Crippen molar-refractivity contribution in [2.45, 2.75) is 18.5 Å². The fraction of sp³-hybridized carbons (Fsp3) is 0.211. The Kier molecular flexibility index (Phi) is 4.31. The minimum atomic E-state index is -0.288. The first-order chi connectivity index (χ1) is 12.1. The number of H-pyrrole nitrogens is 1. The number of aromatic amines is 1. The van der Waals surface area contributed by atoms with Crippen molar-refractivity contribution in [2.24, 2.45) is 0 Å². The molecule has 0 saturated carbocycles. The molecule has 0 bridgehead atoms. The second-order valence-corrected chi connectivity index (χ2v) is 7.49. The number of hydrogen-bond acceptors (Lipinski definition) is 2. The molecule has 0 radical (unpaired) electrons. The fourth-order valence-corrected chi connectivity index (χ4v) is 4.47. The number of para-hydroxylation sites is 1. The summed E-state index contributed by atoms with van der Waals surface area (Å²) in [4.78, 5) is 15.9. The SMILES string of the molecule is CNC(=O)[C@@H]1Cc2c([nH]c3ccccc23)[C@@H](c2ccc(Cl)cc2Br)N1. The number of nitrogens with one attached hydrogen (secondary N) is 3. The predicted molar refractivity (Wildman–Crippen MR) is 104 cm³/mol. The molecule has 4 nitrogen and oxygen atoms in total. The third-order valence-electron chi connectivity index (χ3n) is 4.75. The average molecular weight is 419 g/mol. The lowest BCUT2D eigenvalue weighted by atomic mass is 9.90. The number of hydrogen-bond donors (Lipinski definition) is 3. The molecular weight excluding hydrogens is 402 g/mol. The van der Waals surface area contributed by atoms with Crippen molar-refractivity contribution in [1.82, 2.24) is 15.6 Å². The molecule has 0 fully saturated rings. The van der Waals surface area contributed by atoms with Gasteiger partial charge in [-0.25, -0.2) is 0 Å². The highest BCUT2D eigenvalue weighted by molar-refractivity contribution is 9.10. The monoisotopic (exact) mass is 417 g/mol.